The lowest BCUT2D eigenvalue weighted by Gasteiger charge is -2.09. The number of aromatic nitrogens is 1. The van der Waals surface area contributed by atoms with Gasteiger partial charge in [-0.05, 0) is 24.6 Å². The Morgan fingerprint density at radius 1 is 1.18 bits per heavy atom. The number of nitrogen functional groups attached to an aromatic ring is 1. The van der Waals surface area contributed by atoms with Gasteiger partial charge < -0.3 is 19.7 Å². The van der Waals surface area contributed by atoms with E-state index < -0.39 is 0 Å². The molecule has 2 aromatic rings. The Balaban J connectivity index is 2.54. The van der Waals surface area contributed by atoms with Crippen molar-refractivity contribution >= 4 is 5.82 Å². The molecular weight excluding hydrogens is 220 g/mol. The molecule has 0 aliphatic carbocycles. The zero-order chi connectivity index (χ0) is 12.4. The largest absolute Gasteiger partial charge is 0.493 e. The molecule has 0 bridgehead atoms. The summed E-state index contributed by atoms with van der Waals surface area (Å²) in [5, 5.41) is 3.72. The minimum absolute atomic E-state index is 0.370. The van der Waals surface area contributed by atoms with Gasteiger partial charge >= 0.3 is 0 Å². The molecule has 0 fully saturated rings. The van der Waals surface area contributed by atoms with Crippen LogP contribution in [0.3, 0.4) is 0 Å². The van der Waals surface area contributed by atoms with Crippen LogP contribution >= 0.6 is 0 Å². The molecule has 0 radical (unpaired) electrons. The van der Waals surface area contributed by atoms with Crippen LogP contribution in [-0.2, 0) is 0 Å². The summed E-state index contributed by atoms with van der Waals surface area (Å²) in [6.07, 6.45) is 0. The van der Waals surface area contributed by atoms with Crippen LogP contribution in [0, 0.1) is 6.92 Å². The quantitative estimate of drug-likeness (QED) is 0.881. The first-order valence-electron chi connectivity index (χ1n) is 5.11. The fourth-order valence-electron chi connectivity index (χ4n) is 1.73. The van der Waals surface area contributed by atoms with Crippen molar-refractivity contribution in [1.29, 1.82) is 0 Å². The number of methoxy groups -OCH3 is 2. The molecule has 2 N–H and O–H groups in total. The van der Waals surface area contributed by atoms with Crippen molar-refractivity contribution in [1.82, 2.24) is 5.16 Å². The Hall–Kier alpha value is -2.17. The van der Waals surface area contributed by atoms with Crippen LogP contribution < -0.4 is 15.2 Å². The minimum Gasteiger partial charge on any atom is -0.493 e. The smallest absolute Gasteiger partial charge is 0.175 e. The van der Waals surface area contributed by atoms with Crippen LogP contribution in [0.25, 0.3) is 11.1 Å². The minimum atomic E-state index is 0.370. The molecular formula is C12H14N2O3. The number of anilines is 1. The van der Waals surface area contributed by atoms with Gasteiger partial charge in [0.05, 0.1) is 19.8 Å². The van der Waals surface area contributed by atoms with Crippen LogP contribution in [0.4, 0.5) is 5.82 Å². The average Bonchev–Trinajstić information content (AvgIpc) is 2.68. The monoisotopic (exact) mass is 234 g/mol. The highest BCUT2D eigenvalue weighted by atomic mass is 16.5. The van der Waals surface area contributed by atoms with Crippen molar-refractivity contribution in [2.45, 2.75) is 6.92 Å². The van der Waals surface area contributed by atoms with Gasteiger partial charge in [-0.3, -0.25) is 0 Å². The van der Waals surface area contributed by atoms with Gasteiger partial charge in [-0.1, -0.05) is 11.2 Å². The van der Waals surface area contributed by atoms with E-state index in [4.69, 9.17) is 19.7 Å². The highest BCUT2D eigenvalue weighted by molar-refractivity contribution is 5.77. The lowest BCUT2D eigenvalue weighted by atomic mass is 10.1. The first-order valence-corrected chi connectivity index (χ1v) is 5.11. The van der Waals surface area contributed by atoms with Gasteiger partial charge in [-0.25, -0.2) is 0 Å². The molecule has 90 valence electrons. The summed E-state index contributed by atoms with van der Waals surface area (Å²) in [5.41, 5.74) is 7.43. The molecule has 2 rings (SSSR count). The molecule has 1 heterocycles. The van der Waals surface area contributed by atoms with E-state index in [-0.39, 0.29) is 0 Å². The van der Waals surface area contributed by atoms with E-state index in [9.17, 15) is 0 Å². The summed E-state index contributed by atoms with van der Waals surface area (Å²) in [4.78, 5) is 0. The van der Waals surface area contributed by atoms with Crippen molar-refractivity contribution in [2.75, 3.05) is 20.0 Å². The number of nitrogens with two attached hydrogens (primary N) is 1. The topological polar surface area (TPSA) is 70.5 Å². The number of ether oxygens (including phenoxy) is 2. The highest BCUT2D eigenvalue weighted by Crippen LogP contribution is 2.35. The molecule has 17 heavy (non-hydrogen) atoms. The molecule has 0 amide bonds. The lowest BCUT2D eigenvalue weighted by Crippen LogP contribution is -1.92. The van der Waals surface area contributed by atoms with E-state index in [1.54, 1.807) is 14.2 Å². The van der Waals surface area contributed by atoms with Crippen LogP contribution in [0.5, 0.6) is 11.5 Å². The molecule has 0 aliphatic rings. The third-order valence-corrected chi connectivity index (χ3v) is 2.56. The first kappa shape index (κ1) is 11.3. The second kappa shape index (κ2) is 4.37. The Labute approximate surface area is 99.1 Å². The summed E-state index contributed by atoms with van der Waals surface area (Å²) in [6, 6.07) is 5.55. The third-order valence-electron chi connectivity index (χ3n) is 2.56. The van der Waals surface area contributed by atoms with E-state index >= 15 is 0 Å². The molecule has 1 aromatic carbocycles. The molecule has 0 atom stereocenters. The SMILES string of the molecule is COc1ccc(-c2c(N)noc2C)cc1OC. The van der Waals surface area contributed by atoms with Gasteiger partial charge in [0.1, 0.15) is 5.76 Å². The van der Waals surface area contributed by atoms with Gasteiger partial charge in [0.15, 0.2) is 17.3 Å². The maximum absolute atomic E-state index is 5.76. The Bertz CT molecular complexity index is 515. The van der Waals surface area contributed by atoms with Gasteiger partial charge in [0.2, 0.25) is 0 Å². The van der Waals surface area contributed by atoms with Crippen molar-refractivity contribution < 1.29 is 14.0 Å². The number of rotatable bonds is 3. The average molecular weight is 234 g/mol. The maximum Gasteiger partial charge on any atom is 0.175 e. The summed E-state index contributed by atoms with van der Waals surface area (Å²) >= 11 is 0. The molecule has 0 unspecified atom stereocenters. The Morgan fingerprint density at radius 2 is 1.88 bits per heavy atom. The molecule has 0 spiro atoms. The second-order valence-electron chi connectivity index (χ2n) is 3.57. The zero-order valence-corrected chi connectivity index (χ0v) is 9.98. The fourth-order valence-corrected chi connectivity index (χ4v) is 1.73. The van der Waals surface area contributed by atoms with Crippen molar-refractivity contribution in [3.05, 3.63) is 24.0 Å². The number of hydrogen-bond donors (Lipinski definition) is 1. The fraction of sp³-hybridized carbons (Fsp3) is 0.250. The number of hydrogen-bond acceptors (Lipinski definition) is 5. The van der Waals surface area contributed by atoms with E-state index in [1.807, 2.05) is 25.1 Å². The van der Waals surface area contributed by atoms with Gasteiger partial charge in [-0.2, -0.15) is 0 Å². The van der Waals surface area contributed by atoms with E-state index in [0.29, 0.717) is 23.1 Å². The van der Waals surface area contributed by atoms with Gasteiger partial charge in [-0.15, -0.1) is 0 Å². The van der Waals surface area contributed by atoms with Crippen molar-refractivity contribution in [3.63, 3.8) is 0 Å². The standard InChI is InChI=1S/C12H14N2O3/c1-7-11(12(13)14-17-7)8-4-5-9(15-2)10(6-8)16-3/h4-6H,1-3H3,(H2,13,14). The van der Waals surface area contributed by atoms with Crippen molar-refractivity contribution in [2.24, 2.45) is 0 Å². The van der Waals surface area contributed by atoms with Gasteiger partial charge in [0, 0.05) is 0 Å². The normalized spacial score (nSPS) is 10.3. The predicted octanol–water partition coefficient (Wildman–Crippen LogP) is 2.25. The van der Waals surface area contributed by atoms with Crippen LogP contribution in [0.2, 0.25) is 0 Å². The molecule has 0 saturated heterocycles. The van der Waals surface area contributed by atoms with Crippen LogP contribution in [0.1, 0.15) is 5.76 Å². The highest BCUT2D eigenvalue weighted by Gasteiger charge is 2.14. The summed E-state index contributed by atoms with van der Waals surface area (Å²) in [6.45, 7) is 1.81. The van der Waals surface area contributed by atoms with E-state index in [0.717, 1.165) is 11.1 Å². The van der Waals surface area contributed by atoms with E-state index in [1.165, 1.54) is 0 Å². The third kappa shape index (κ3) is 1.91. The molecule has 1 aromatic heterocycles. The predicted molar refractivity (Wildman–Crippen MR) is 64.2 cm³/mol. The Morgan fingerprint density at radius 3 is 2.41 bits per heavy atom. The first-order chi connectivity index (χ1) is 8.17. The number of aryl methyl sites for hydroxylation is 1. The Kier molecular flexibility index (Phi) is 2.91. The second-order valence-corrected chi connectivity index (χ2v) is 3.57. The molecule has 5 nitrogen and oxygen atoms in total. The number of benzene rings is 1. The van der Waals surface area contributed by atoms with Crippen LogP contribution in [0.15, 0.2) is 22.7 Å². The molecule has 0 saturated carbocycles. The summed E-state index contributed by atoms with van der Waals surface area (Å²) in [7, 11) is 3.18. The zero-order valence-electron chi connectivity index (χ0n) is 9.98. The van der Waals surface area contributed by atoms with Crippen molar-refractivity contribution in [3.8, 4) is 22.6 Å². The maximum atomic E-state index is 5.76. The van der Waals surface area contributed by atoms with Gasteiger partial charge in [0.25, 0.3) is 0 Å². The molecule has 5 heteroatoms. The summed E-state index contributed by atoms with van der Waals surface area (Å²) in [5.74, 6) is 2.36. The number of nitrogens with zero attached hydrogens (tertiary/aromatic N) is 1. The lowest BCUT2D eigenvalue weighted by molar-refractivity contribution is 0.355. The molecule has 0 aliphatic heterocycles. The summed E-state index contributed by atoms with van der Waals surface area (Å²) < 4.78 is 15.4. The van der Waals surface area contributed by atoms with E-state index in [2.05, 4.69) is 5.16 Å². The van der Waals surface area contributed by atoms with Crippen LogP contribution in [-0.4, -0.2) is 19.4 Å².